The molecule has 0 aliphatic carbocycles. The topological polar surface area (TPSA) is 78.6 Å². The molecule has 0 aromatic carbocycles. The van der Waals surface area contributed by atoms with Gasteiger partial charge in [-0.1, -0.05) is 19.0 Å². The van der Waals surface area contributed by atoms with Crippen LogP contribution in [0.15, 0.2) is 14.9 Å². The van der Waals surface area contributed by atoms with Gasteiger partial charge in [0.25, 0.3) is 0 Å². The van der Waals surface area contributed by atoms with Gasteiger partial charge in [0.05, 0.1) is 17.9 Å². The molecule has 29 heavy (non-hydrogen) atoms. The molecule has 0 radical (unpaired) electrons. The number of nitrogens with zero attached hydrogens (tertiary/aromatic N) is 4. The summed E-state index contributed by atoms with van der Waals surface area (Å²) in [4.78, 5) is 11.9. The standard InChI is InChI=1S/C20H32N6OS.HI/c1-4-17-16(18(5-2)27-25-17)13-23-19(21-6-3)22-10-9-15-14-28-20(24-15)26-11-7-8-12-26;/h14H,4-13H2,1-3H3,(H2,21,22,23);1H. The van der Waals surface area contributed by atoms with Crippen molar-refractivity contribution in [3.8, 4) is 0 Å². The summed E-state index contributed by atoms with van der Waals surface area (Å²) in [5.41, 5.74) is 3.28. The van der Waals surface area contributed by atoms with Gasteiger partial charge in [0.2, 0.25) is 0 Å². The van der Waals surface area contributed by atoms with Crippen molar-refractivity contribution in [2.75, 3.05) is 31.1 Å². The Morgan fingerprint density at radius 1 is 1.21 bits per heavy atom. The van der Waals surface area contributed by atoms with Crippen molar-refractivity contribution in [3.05, 3.63) is 28.1 Å². The SMILES string of the molecule is CCNC(=NCc1c(CC)noc1CC)NCCc1csc(N2CCCC2)n1.I. The highest BCUT2D eigenvalue weighted by molar-refractivity contribution is 14.0. The van der Waals surface area contributed by atoms with Gasteiger partial charge in [-0.2, -0.15) is 0 Å². The lowest BCUT2D eigenvalue weighted by Crippen LogP contribution is -2.38. The van der Waals surface area contributed by atoms with Crippen LogP contribution in [0.4, 0.5) is 5.13 Å². The lowest BCUT2D eigenvalue weighted by Gasteiger charge is -2.12. The molecule has 1 aliphatic rings. The minimum atomic E-state index is 0. The van der Waals surface area contributed by atoms with Gasteiger partial charge >= 0.3 is 0 Å². The molecule has 9 heteroatoms. The van der Waals surface area contributed by atoms with E-state index < -0.39 is 0 Å². The molecule has 2 aromatic rings. The van der Waals surface area contributed by atoms with E-state index in [1.54, 1.807) is 11.3 Å². The number of hydrogen-bond acceptors (Lipinski definition) is 6. The second-order valence-corrected chi connectivity index (χ2v) is 7.76. The summed E-state index contributed by atoms with van der Waals surface area (Å²) in [6.07, 6.45) is 5.16. The van der Waals surface area contributed by atoms with Crippen LogP contribution in [-0.4, -0.2) is 42.3 Å². The number of aromatic nitrogens is 2. The first-order valence-corrected chi connectivity index (χ1v) is 11.3. The van der Waals surface area contributed by atoms with Crippen LogP contribution in [0.5, 0.6) is 0 Å². The van der Waals surface area contributed by atoms with Crippen LogP contribution >= 0.6 is 35.3 Å². The third-order valence-electron chi connectivity index (χ3n) is 4.94. The smallest absolute Gasteiger partial charge is 0.191 e. The van der Waals surface area contributed by atoms with E-state index in [1.165, 1.54) is 18.0 Å². The molecule has 162 valence electrons. The maximum Gasteiger partial charge on any atom is 0.191 e. The van der Waals surface area contributed by atoms with Crippen LogP contribution in [-0.2, 0) is 25.8 Å². The van der Waals surface area contributed by atoms with Crippen molar-refractivity contribution in [1.29, 1.82) is 0 Å². The Hall–Kier alpha value is -1.36. The normalized spacial score (nSPS) is 14.2. The van der Waals surface area contributed by atoms with E-state index in [0.717, 1.165) is 74.1 Å². The van der Waals surface area contributed by atoms with Crippen LogP contribution in [0.2, 0.25) is 0 Å². The molecule has 3 rings (SSSR count). The van der Waals surface area contributed by atoms with Crippen molar-refractivity contribution in [3.63, 3.8) is 0 Å². The molecule has 2 aromatic heterocycles. The minimum absolute atomic E-state index is 0. The van der Waals surface area contributed by atoms with Crippen molar-refractivity contribution in [2.24, 2.45) is 4.99 Å². The molecule has 0 unspecified atom stereocenters. The summed E-state index contributed by atoms with van der Waals surface area (Å²) in [5.74, 6) is 1.76. The Balaban J connectivity index is 0.00000300. The number of guanidine groups is 1. The fourth-order valence-corrected chi connectivity index (χ4v) is 4.30. The number of aliphatic imine (C=N–C) groups is 1. The summed E-state index contributed by atoms with van der Waals surface area (Å²) < 4.78 is 5.44. The third kappa shape index (κ3) is 6.56. The molecular weight excluding hydrogens is 499 g/mol. The molecule has 2 N–H and O–H groups in total. The van der Waals surface area contributed by atoms with Gasteiger partial charge in [-0.15, -0.1) is 35.3 Å². The number of halogens is 1. The zero-order valence-electron chi connectivity index (χ0n) is 17.7. The maximum absolute atomic E-state index is 5.44. The highest BCUT2D eigenvalue weighted by Gasteiger charge is 2.16. The van der Waals surface area contributed by atoms with Gasteiger partial charge in [-0.05, 0) is 26.2 Å². The van der Waals surface area contributed by atoms with Crippen molar-refractivity contribution >= 4 is 46.4 Å². The van der Waals surface area contributed by atoms with E-state index in [9.17, 15) is 0 Å². The zero-order chi connectivity index (χ0) is 19.8. The zero-order valence-corrected chi connectivity index (χ0v) is 20.8. The molecular formula is C20H33IN6OS. The van der Waals surface area contributed by atoms with Gasteiger partial charge in [0.1, 0.15) is 5.76 Å². The molecule has 7 nitrogen and oxygen atoms in total. The highest BCUT2D eigenvalue weighted by Crippen LogP contribution is 2.24. The summed E-state index contributed by atoms with van der Waals surface area (Å²) in [6, 6.07) is 0. The first-order chi connectivity index (χ1) is 13.7. The fraction of sp³-hybridized carbons (Fsp3) is 0.650. The van der Waals surface area contributed by atoms with Gasteiger partial charge in [-0.25, -0.2) is 9.98 Å². The quantitative estimate of drug-likeness (QED) is 0.291. The maximum atomic E-state index is 5.44. The average molecular weight is 532 g/mol. The summed E-state index contributed by atoms with van der Waals surface area (Å²) in [5, 5.41) is 14.3. The van der Waals surface area contributed by atoms with Crippen LogP contribution < -0.4 is 15.5 Å². The molecule has 1 aliphatic heterocycles. The van der Waals surface area contributed by atoms with Crippen molar-refractivity contribution in [2.45, 2.75) is 59.4 Å². The fourth-order valence-electron chi connectivity index (χ4n) is 3.39. The molecule has 0 bridgehead atoms. The molecule has 3 heterocycles. The largest absolute Gasteiger partial charge is 0.361 e. The number of hydrogen-bond donors (Lipinski definition) is 2. The van der Waals surface area contributed by atoms with Gasteiger partial charge < -0.3 is 20.1 Å². The van der Waals surface area contributed by atoms with Gasteiger partial charge in [-0.3, -0.25) is 0 Å². The number of rotatable bonds is 9. The van der Waals surface area contributed by atoms with E-state index in [-0.39, 0.29) is 24.0 Å². The number of anilines is 1. The minimum Gasteiger partial charge on any atom is -0.361 e. The Morgan fingerprint density at radius 3 is 2.69 bits per heavy atom. The number of nitrogens with one attached hydrogen (secondary N) is 2. The highest BCUT2D eigenvalue weighted by atomic mass is 127. The van der Waals surface area contributed by atoms with E-state index in [0.29, 0.717) is 6.54 Å². The number of thiazole rings is 1. The van der Waals surface area contributed by atoms with E-state index in [2.05, 4.69) is 46.8 Å². The van der Waals surface area contributed by atoms with E-state index >= 15 is 0 Å². The van der Waals surface area contributed by atoms with Gasteiger partial charge in [0, 0.05) is 50.0 Å². The first kappa shape index (κ1) is 23.9. The van der Waals surface area contributed by atoms with E-state index in [4.69, 9.17) is 14.5 Å². The van der Waals surface area contributed by atoms with Crippen molar-refractivity contribution < 1.29 is 4.52 Å². The Morgan fingerprint density at radius 2 is 2.00 bits per heavy atom. The predicted molar refractivity (Wildman–Crippen MR) is 131 cm³/mol. The molecule has 0 saturated carbocycles. The molecule has 0 spiro atoms. The van der Waals surface area contributed by atoms with Crippen LogP contribution in [0.1, 0.15) is 56.3 Å². The molecule has 0 atom stereocenters. The van der Waals surface area contributed by atoms with Crippen molar-refractivity contribution in [1.82, 2.24) is 20.8 Å². The lowest BCUT2D eigenvalue weighted by molar-refractivity contribution is 0.380. The number of aryl methyl sites for hydroxylation is 2. The first-order valence-electron chi connectivity index (χ1n) is 10.4. The van der Waals surface area contributed by atoms with Crippen LogP contribution in [0.3, 0.4) is 0 Å². The lowest BCUT2D eigenvalue weighted by atomic mass is 10.1. The monoisotopic (exact) mass is 532 g/mol. The summed E-state index contributed by atoms with van der Waals surface area (Å²) >= 11 is 1.76. The van der Waals surface area contributed by atoms with Crippen LogP contribution in [0.25, 0.3) is 0 Å². The molecule has 1 saturated heterocycles. The summed E-state index contributed by atoms with van der Waals surface area (Å²) in [7, 11) is 0. The Labute approximate surface area is 194 Å². The van der Waals surface area contributed by atoms with Gasteiger partial charge in [0.15, 0.2) is 11.1 Å². The second-order valence-electron chi connectivity index (χ2n) is 6.93. The molecule has 1 fully saturated rings. The predicted octanol–water partition coefficient (Wildman–Crippen LogP) is 3.77. The second kappa shape index (κ2) is 12.4. The average Bonchev–Trinajstić information content (AvgIpc) is 3.45. The Bertz CT molecular complexity index is 747. The summed E-state index contributed by atoms with van der Waals surface area (Å²) in [6.45, 7) is 10.8. The van der Waals surface area contributed by atoms with Crippen LogP contribution in [0, 0.1) is 0 Å². The third-order valence-corrected chi connectivity index (χ3v) is 5.89. The molecule has 0 amide bonds. The Kier molecular flexibility index (Phi) is 10.2. The van der Waals surface area contributed by atoms with E-state index in [1.807, 2.05) is 0 Å².